The molecule has 0 aliphatic carbocycles. The summed E-state index contributed by atoms with van der Waals surface area (Å²) in [6.07, 6.45) is 98.4. The number of rotatable bonds is 73. The summed E-state index contributed by atoms with van der Waals surface area (Å²) in [4.78, 5) is 73.0. The van der Waals surface area contributed by atoms with Crippen LogP contribution in [0.1, 0.15) is 272 Å². The van der Waals surface area contributed by atoms with Gasteiger partial charge in [0.2, 0.25) is 0 Å². The average Bonchev–Trinajstić information content (AvgIpc) is 0.906. The van der Waals surface area contributed by atoms with Crippen LogP contribution in [0.15, 0.2) is 207 Å². The van der Waals surface area contributed by atoms with E-state index in [4.69, 9.17) is 37.0 Å². The Morgan fingerprint density at radius 3 is 0.843 bits per heavy atom. The maximum Gasteiger partial charge on any atom is 0.472 e. The van der Waals surface area contributed by atoms with Crippen molar-refractivity contribution in [2.45, 2.75) is 290 Å². The van der Waals surface area contributed by atoms with Crippen molar-refractivity contribution in [1.29, 1.82) is 0 Å². The van der Waals surface area contributed by atoms with Gasteiger partial charge in [-0.1, -0.05) is 286 Å². The Kier molecular flexibility index (Phi) is 74.1. The fourth-order valence-corrected chi connectivity index (χ4v) is 11.3. The summed E-state index contributed by atoms with van der Waals surface area (Å²) < 4.78 is 68.4. The number of aliphatic hydroxyl groups excluding tert-OH is 1. The SMILES string of the molecule is CC/C=C\C/C=C\C/C=C\C/C=C\C/C=C\C/C=C\CCC(=O)OCC(COP(=O)(O)OCC(O)COP(=O)(O)OCC(COC(=O)CCC/C=C\C/C=C\C/C=C\C/C=C\C/C=C\CC)OC(=O)CCCCCCC/C=C\CCCCCCCC)OC(=O)CCC/C=C\C/C=C\C/C=C\C/C=C\C/C=C\CC. The normalized spacial score (nSPS) is 14.9. The van der Waals surface area contributed by atoms with E-state index < -0.39 is 97.5 Å². The lowest BCUT2D eigenvalue weighted by Gasteiger charge is -2.21. The predicted molar refractivity (Wildman–Crippen MR) is 445 cm³/mol. The van der Waals surface area contributed by atoms with Crippen molar-refractivity contribution in [3.8, 4) is 0 Å². The molecule has 0 bridgehead atoms. The third-order valence-corrected chi connectivity index (χ3v) is 17.6. The van der Waals surface area contributed by atoms with Gasteiger partial charge in [-0.3, -0.25) is 37.3 Å². The van der Waals surface area contributed by atoms with Gasteiger partial charge in [-0.25, -0.2) is 9.13 Å². The number of phosphoric acid groups is 2. The van der Waals surface area contributed by atoms with Crippen LogP contribution in [-0.4, -0.2) is 96.7 Å². The molecule has 3 N–H and O–H groups in total. The van der Waals surface area contributed by atoms with Crippen molar-refractivity contribution >= 4 is 39.5 Å². The lowest BCUT2D eigenvalue weighted by Crippen LogP contribution is -2.30. The van der Waals surface area contributed by atoms with E-state index >= 15 is 0 Å². The van der Waals surface area contributed by atoms with Crippen LogP contribution in [-0.2, 0) is 65.4 Å². The Morgan fingerprint density at radius 2 is 0.509 bits per heavy atom. The molecule has 5 unspecified atom stereocenters. The van der Waals surface area contributed by atoms with Crippen LogP contribution in [0.4, 0.5) is 0 Å². The third-order valence-electron chi connectivity index (χ3n) is 15.7. The monoisotopic (exact) mass is 1540 g/mol. The van der Waals surface area contributed by atoms with E-state index in [1.807, 2.05) is 42.5 Å². The van der Waals surface area contributed by atoms with E-state index in [9.17, 15) is 43.2 Å². The summed E-state index contributed by atoms with van der Waals surface area (Å²) in [5.41, 5.74) is 0. The largest absolute Gasteiger partial charge is 0.472 e. The highest BCUT2D eigenvalue weighted by molar-refractivity contribution is 7.47. The Bertz CT molecular complexity index is 2860. The third kappa shape index (κ3) is 77.8. The van der Waals surface area contributed by atoms with Crippen molar-refractivity contribution in [3.05, 3.63) is 207 Å². The van der Waals surface area contributed by atoms with Gasteiger partial charge in [-0.15, -0.1) is 0 Å². The van der Waals surface area contributed by atoms with E-state index in [0.717, 1.165) is 135 Å². The van der Waals surface area contributed by atoms with E-state index in [-0.39, 0.29) is 25.7 Å². The lowest BCUT2D eigenvalue weighted by molar-refractivity contribution is -0.161. The van der Waals surface area contributed by atoms with Crippen LogP contribution in [0.25, 0.3) is 0 Å². The van der Waals surface area contributed by atoms with Gasteiger partial charge in [0.15, 0.2) is 12.2 Å². The van der Waals surface area contributed by atoms with Crippen molar-refractivity contribution in [1.82, 2.24) is 0 Å². The van der Waals surface area contributed by atoms with Crippen LogP contribution in [0, 0.1) is 0 Å². The van der Waals surface area contributed by atoms with Crippen molar-refractivity contribution in [3.63, 3.8) is 0 Å². The van der Waals surface area contributed by atoms with Gasteiger partial charge in [-0.05, 0) is 167 Å². The Labute approximate surface area is 652 Å². The van der Waals surface area contributed by atoms with Gasteiger partial charge in [0.1, 0.15) is 19.3 Å². The number of hydrogen-bond donors (Lipinski definition) is 3. The Hall–Kier alpha value is -6.36. The van der Waals surface area contributed by atoms with Crippen LogP contribution in [0.2, 0.25) is 0 Å². The number of unbranched alkanes of at least 4 members (excludes halogenated alkanes) is 13. The van der Waals surface area contributed by atoms with Crippen molar-refractivity contribution in [2.24, 2.45) is 0 Å². The maximum absolute atomic E-state index is 13.1. The molecular formula is C89H140O17P2. The molecule has 0 aromatic rings. The van der Waals surface area contributed by atoms with E-state index in [2.05, 4.69) is 192 Å². The van der Waals surface area contributed by atoms with Crippen molar-refractivity contribution < 1.29 is 80.2 Å². The molecule has 17 nitrogen and oxygen atoms in total. The number of aliphatic hydroxyl groups is 1. The molecule has 0 aromatic carbocycles. The molecule has 0 fully saturated rings. The summed E-state index contributed by atoms with van der Waals surface area (Å²) in [5, 5.41) is 10.6. The highest BCUT2D eigenvalue weighted by Crippen LogP contribution is 2.45. The lowest BCUT2D eigenvalue weighted by atomic mass is 10.1. The van der Waals surface area contributed by atoms with Crippen LogP contribution in [0.5, 0.6) is 0 Å². The van der Waals surface area contributed by atoms with E-state index in [1.165, 1.54) is 38.5 Å². The first-order valence-corrected chi connectivity index (χ1v) is 43.3. The topological polar surface area (TPSA) is 237 Å². The average molecular weight is 1540 g/mol. The van der Waals surface area contributed by atoms with Gasteiger partial charge in [0.25, 0.3) is 0 Å². The van der Waals surface area contributed by atoms with Crippen LogP contribution in [0.3, 0.4) is 0 Å². The summed E-state index contributed by atoms with van der Waals surface area (Å²) in [5.74, 6) is -2.44. The van der Waals surface area contributed by atoms with Crippen LogP contribution < -0.4 is 0 Å². The quantitative estimate of drug-likeness (QED) is 0.0169. The molecule has 0 saturated heterocycles. The molecule has 108 heavy (non-hydrogen) atoms. The Morgan fingerprint density at radius 1 is 0.269 bits per heavy atom. The summed E-state index contributed by atoms with van der Waals surface area (Å²) >= 11 is 0. The molecule has 0 saturated carbocycles. The summed E-state index contributed by atoms with van der Waals surface area (Å²) in [6.45, 7) is 4.27. The van der Waals surface area contributed by atoms with Crippen molar-refractivity contribution in [2.75, 3.05) is 39.6 Å². The standard InChI is InChI=1S/C89H140O17P2/c1-5-9-13-17-21-25-29-33-37-40-41-44-47-50-54-58-62-66-70-74-87(92)100-80-85(106-89(94)76-72-68-64-60-56-52-48-43-39-35-31-27-23-19-15-11-7-3)82-104-108(97,98)102-78-83(90)77-101-107(95,96)103-81-84(105-88(93)75-71-67-63-59-55-51-45-36-32-28-24-20-16-12-8-4)79-99-86(91)73-69-65-61-57-53-49-46-42-38-34-30-26-22-18-14-10-6-2/h9-11,13-15,21-23,25-27,33-39,41,44-46,48-50,52,54,57,60-62,64,66,83-85,90H,5-8,12,16-20,24,28-32,40,42-43,47,51,53,55-56,58-59,63,65,67-82H2,1-4H3,(H,95,96)(H,97,98)/b13-9-,14-10-,15-11-,25-21-,26-22-,27-23-,37-33-,38-34-,39-35-,44-41-,45-36-,49-46-,52-48-,54-50-,61-57-,64-60-,66-62-. The molecule has 0 aliphatic heterocycles. The molecule has 5 atom stereocenters. The van der Waals surface area contributed by atoms with Gasteiger partial charge in [0.05, 0.1) is 26.4 Å². The highest BCUT2D eigenvalue weighted by atomic mass is 31.2. The number of allylic oxidation sites excluding steroid dienone is 34. The van der Waals surface area contributed by atoms with Crippen LogP contribution >= 0.6 is 15.6 Å². The maximum atomic E-state index is 13.1. The minimum atomic E-state index is -5.03. The number of carbonyl (C=O) groups excluding carboxylic acids is 4. The molecule has 0 rings (SSSR count). The zero-order chi connectivity index (χ0) is 78.9. The molecule has 0 amide bonds. The van der Waals surface area contributed by atoms with Gasteiger partial charge in [0, 0.05) is 25.7 Å². The number of phosphoric ester groups is 2. The predicted octanol–water partition coefficient (Wildman–Crippen LogP) is 23.9. The number of hydrogen-bond acceptors (Lipinski definition) is 15. The minimum absolute atomic E-state index is 0.00969. The summed E-state index contributed by atoms with van der Waals surface area (Å²) in [6, 6.07) is 0. The zero-order valence-corrected chi connectivity index (χ0v) is 68.2. The van der Waals surface area contributed by atoms with Gasteiger partial charge >= 0.3 is 39.5 Å². The molecular weight excluding hydrogens is 1400 g/mol. The van der Waals surface area contributed by atoms with Gasteiger partial charge in [-0.2, -0.15) is 0 Å². The second-order valence-electron chi connectivity index (χ2n) is 25.9. The number of ether oxygens (including phenoxy) is 4. The number of esters is 4. The fourth-order valence-electron chi connectivity index (χ4n) is 9.72. The minimum Gasteiger partial charge on any atom is -0.462 e. The van der Waals surface area contributed by atoms with E-state index in [0.29, 0.717) is 44.9 Å². The van der Waals surface area contributed by atoms with E-state index in [1.54, 1.807) is 0 Å². The molecule has 19 heteroatoms. The fraction of sp³-hybridized carbons (Fsp3) is 0.573. The first kappa shape index (κ1) is 102. The summed E-state index contributed by atoms with van der Waals surface area (Å²) in [7, 11) is -10.0. The molecule has 0 spiro atoms. The number of carbonyl (C=O) groups is 4. The smallest absolute Gasteiger partial charge is 0.462 e. The first-order valence-electron chi connectivity index (χ1n) is 40.3. The molecule has 608 valence electrons. The molecule has 0 heterocycles. The first-order chi connectivity index (χ1) is 52.7. The molecule has 0 radical (unpaired) electrons. The molecule has 0 aromatic heterocycles. The second-order valence-corrected chi connectivity index (χ2v) is 28.8. The highest BCUT2D eigenvalue weighted by Gasteiger charge is 2.30. The second kappa shape index (κ2) is 78.8. The molecule has 0 aliphatic rings. The Balaban J connectivity index is 5.57. The zero-order valence-electron chi connectivity index (χ0n) is 66.4. The van der Waals surface area contributed by atoms with Gasteiger partial charge < -0.3 is 33.8 Å².